The topological polar surface area (TPSA) is 136 Å². The van der Waals surface area contributed by atoms with Gasteiger partial charge in [-0.25, -0.2) is 10.4 Å². The number of hydrogen-bond donors (Lipinski definition) is 2. The minimum absolute atomic E-state index is 0.0297. The summed E-state index contributed by atoms with van der Waals surface area (Å²) in [5, 5.41) is 5.02. The first-order valence-electron chi connectivity index (χ1n) is 15.5. The predicted molar refractivity (Wildman–Crippen MR) is 181 cm³/mol. The molecule has 1 aromatic heterocycles. The van der Waals surface area contributed by atoms with Crippen molar-refractivity contribution in [3.05, 3.63) is 47.7 Å². The van der Waals surface area contributed by atoms with E-state index < -0.39 is 52.5 Å². The fraction of sp³-hybridized carbons (Fsp3) is 0.545. The summed E-state index contributed by atoms with van der Waals surface area (Å²) in [5.74, 6) is -2.01. The molecule has 2 heterocycles. The number of aromatic nitrogens is 1. The Kier molecular flexibility index (Phi) is 14.3. The molecular formula is C33H43Cl3N4O7. The maximum Gasteiger partial charge on any atom is 0.325 e. The summed E-state index contributed by atoms with van der Waals surface area (Å²) < 4.78 is 14.6. The Morgan fingerprint density at radius 3 is 2.47 bits per heavy atom. The van der Waals surface area contributed by atoms with E-state index in [0.29, 0.717) is 25.1 Å². The summed E-state index contributed by atoms with van der Waals surface area (Å²) in [6.45, 7) is 10.7. The molecule has 0 spiro atoms. The largest absolute Gasteiger partial charge is 0.460 e. The second-order valence-corrected chi connectivity index (χ2v) is 14.6. The summed E-state index contributed by atoms with van der Waals surface area (Å²) in [6.07, 6.45) is 3.70. The highest BCUT2D eigenvalue weighted by Crippen LogP contribution is 2.26. The van der Waals surface area contributed by atoms with Gasteiger partial charge >= 0.3 is 11.9 Å². The first-order chi connectivity index (χ1) is 22.0. The Balaban J connectivity index is 1.54. The summed E-state index contributed by atoms with van der Waals surface area (Å²) in [6, 6.07) is 8.04. The molecule has 1 fully saturated rings. The molecule has 2 amide bonds. The molecule has 0 aliphatic carbocycles. The number of nitrogens with zero attached hydrogens (tertiary/aromatic N) is 2. The highest BCUT2D eigenvalue weighted by atomic mass is 35.6. The van der Waals surface area contributed by atoms with Crippen molar-refractivity contribution in [3.63, 3.8) is 0 Å². The molecule has 1 saturated heterocycles. The second kappa shape index (κ2) is 17.4. The standard InChI is InChI=1S/C33H43Cl3N4O7/c1-19(2)29(30(42)37-21(4)31(43)40-15-7-8-27(39-40)32(44)46-18-33(34,35)36)45-17-20(3)9-10-24-11-12-25-13-14-26(38-28(25)16-24)22(5)47-23(6)41/h9-14,16,19-22,27,29,39H,7-8,15,17-18H2,1-6H3,(H,37,42)/b10-9+/t20?,21-,22+,27-,29-/m0/s1. The van der Waals surface area contributed by atoms with Crippen LogP contribution in [0.15, 0.2) is 36.4 Å². The van der Waals surface area contributed by atoms with Gasteiger partial charge in [-0.2, -0.15) is 0 Å². The van der Waals surface area contributed by atoms with E-state index in [4.69, 9.17) is 49.0 Å². The number of carbonyl (C=O) groups is 4. The SMILES string of the molecule is CC(=O)O[C@H](C)c1ccc2ccc(/C=C/C(C)CO[C@H](C(=O)N[C@@H](C)C(=O)N3CCC[C@@H](C(=O)OCC(Cl)(Cl)Cl)N3)C(C)C)cc2n1. The van der Waals surface area contributed by atoms with Gasteiger partial charge in [-0.3, -0.25) is 24.2 Å². The lowest BCUT2D eigenvalue weighted by Gasteiger charge is -2.34. The number of nitrogens with one attached hydrogen (secondary N) is 2. The van der Waals surface area contributed by atoms with Gasteiger partial charge in [-0.05, 0) is 56.2 Å². The number of rotatable bonds is 13. The highest BCUT2D eigenvalue weighted by molar-refractivity contribution is 6.67. The summed E-state index contributed by atoms with van der Waals surface area (Å²) in [7, 11) is 0. The molecule has 47 heavy (non-hydrogen) atoms. The van der Waals surface area contributed by atoms with Crippen molar-refractivity contribution in [1.82, 2.24) is 20.7 Å². The van der Waals surface area contributed by atoms with E-state index >= 15 is 0 Å². The monoisotopic (exact) mass is 712 g/mol. The Morgan fingerprint density at radius 2 is 1.81 bits per heavy atom. The van der Waals surface area contributed by atoms with Gasteiger partial charge in [0, 0.05) is 18.9 Å². The van der Waals surface area contributed by atoms with E-state index in [0.717, 1.165) is 16.5 Å². The van der Waals surface area contributed by atoms with Gasteiger partial charge in [0.2, 0.25) is 9.70 Å². The van der Waals surface area contributed by atoms with Crippen molar-refractivity contribution in [2.75, 3.05) is 19.8 Å². The summed E-state index contributed by atoms with van der Waals surface area (Å²) in [4.78, 5) is 54.7. The zero-order valence-electron chi connectivity index (χ0n) is 27.4. The molecule has 1 unspecified atom stereocenters. The molecule has 2 aromatic rings. The van der Waals surface area contributed by atoms with E-state index in [1.807, 2.05) is 63.3 Å². The third-order valence-corrected chi connectivity index (χ3v) is 7.69. The third kappa shape index (κ3) is 12.2. The molecule has 1 aliphatic heterocycles. The van der Waals surface area contributed by atoms with Crippen LogP contribution in [0.25, 0.3) is 17.0 Å². The predicted octanol–water partition coefficient (Wildman–Crippen LogP) is 5.46. The molecule has 14 heteroatoms. The smallest absolute Gasteiger partial charge is 0.325 e. The van der Waals surface area contributed by atoms with Crippen molar-refractivity contribution >= 4 is 75.5 Å². The molecule has 0 bridgehead atoms. The number of pyridine rings is 1. The number of carbonyl (C=O) groups excluding carboxylic acids is 4. The van der Waals surface area contributed by atoms with Crippen LogP contribution < -0.4 is 10.7 Å². The number of halogens is 3. The third-order valence-electron chi connectivity index (χ3n) is 7.36. The van der Waals surface area contributed by atoms with Crippen LogP contribution in [0.4, 0.5) is 0 Å². The number of hydrazine groups is 1. The van der Waals surface area contributed by atoms with Gasteiger partial charge in [0.25, 0.3) is 5.91 Å². The van der Waals surface area contributed by atoms with E-state index in [9.17, 15) is 19.2 Å². The highest BCUT2D eigenvalue weighted by Gasteiger charge is 2.34. The van der Waals surface area contributed by atoms with Crippen LogP contribution in [0.3, 0.4) is 0 Å². The number of fused-ring (bicyclic) bond motifs is 1. The lowest BCUT2D eigenvalue weighted by molar-refractivity contribution is -0.153. The van der Waals surface area contributed by atoms with Gasteiger partial charge in [0.1, 0.15) is 30.9 Å². The number of benzene rings is 1. The molecule has 2 N–H and O–H groups in total. The average Bonchev–Trinajstić information content (AvgIpc) is 3.01. The molecule has 0 saturated carbocycles. The second-order valence-electron chi connectivity index (χ2n) is 12.0. The van der Waals surface area contributed by atoms with Gasteiger partial charge in [0.05, 0.1) is 17.8 Å². The molecule has 1 aliphatic rings. The maximum atomic E-state index is 13.2. The molecule has 5 atom stereocenters. The fourth-order valence-corrected chi connectivity index (χ4v) is 5.07. The van der Waals surface area contributed by atoms with Crippen LogP contribution in [-0.2, 0) is 33.4 Å². The van der Waals surface area contributed by atoms with Crippen LogP contribution in [0.1, 0.15) is 71.7 Å². The van der Waals surface area contributed by atoms with Crippen LogP contribution in [0, 0.1) is 11.8 Å². The van der Waals surface area contributed by atoms with Crippen LogP contribution in [-0.4, -0.2) is 75.5 Å². The van der Waals surface area contributed by atoms with Gasteiger partial charge in [-0.1, -0.05) is 85.9 Å². The lowest BCUT2D eigenvalue weighted by Crippen LogP contribution is -2.60. The van der Waals surface area contributed by atoms with Crippen molar-refractivity contribution < 1.29 is 33.4 Å². The number of esters is 2. The lowest BCUT2D eigenvalue weighted by atomic mass is 10.0. The Morgan fingerprint density at radius 1 is 1.11 bits per heavy atom. The molecular weight excluding hydrogens is 671 g/mol. The quantitative estimate of drug-likeness (QED) is 0.205. The van der Waals surface area contributed by atoms with Crippen molar-refractivity contribution in [2.45, 2.75) is 82.5 Å². The maximum absolute atomic E-state index is 13.2. The average molecular weight is 714 g/mol. The zero-order chi connectivity index (χ0) is 34.9. The van der Waals surface area contributed by atoms with E-state index in [-0.39, 0.29) is 24.4 Å². The Bertz CT molecular complexity index is 1450. The number of hydrogen-bond acceptors (Lipinski definition) is 9. The van der Waals surface area contributed by atoms with Crippen molar-refractivity contribution in [3.8, 4) is 0 Å². The van der Waals surface area contributed by atoms with Gasteiger partial charge in [-0.15, -0.1) is 0 Å². The molecule has 258 valence electrons. The number of ether oxygens (including phenoxy) is 3. The number of alkyl halides is 3. The molecule has 3 rings (SSSR count). The van der Waals surface area contributed by atoms with Gasteiger partial charge in [0.15, 0.2) is 0 Å². The fourth-order valence-electron chi connectivity index (χ4n) is 4.91. The minimum Gasteiger partial charge on any atom is -0.460 e. The van der Waals surface area contributed by atoms with Crippen LogP contribution >= 0.6 is 34.8 Å². The first kappa shape index (κ1) is 38.5. The Labute approximate surface area is 290 Å². The van der Waals surface area contributed by atoms with Crippen molar-refractivity contribution in [2.24, 2.45) is 11.8 Å². The van der Waals surface area contributed by atoms with Crippen LogP contribution in [0.5, 0.6) is 0 Å². The van der Waals surface area contributed by atoms with E-state index in [1.165, 1.54) is 11.9 Å². The number of amides is 2. The molecule has 0 radical (unpaired) electrons. The molecule has 1 aromatic carbocycles. The first-order valence-corrected chi connectivity index (χ1v) is 16.7. The molecule has 11 nitrogen and oxygen atoms in total. The zero-order valence-corrected chi connectivity index (χ0v) is 29.7. The van der Waals surface area contributed by atoms with Gasteiger partial charge < -0.3 is 19.5 Å². The Hall–Kier alpha value is -2.96. The normalized spacial score (nSPS) is 18.1. The van der Waals surface area contributed by atoms with Crippen LogP contribution in [0.2, 0.25) is 0 Å². The summed E-state index contributed by atoms with van der Waals surface area (Å²) >= 11 is 17.0. The minimum atomic E-state index is -1.74. The van der Waals surface area contributed by atoms with E-state index in [2.05, 4.69) is 15.7 Å². The van der Waals surface area contributed by atoms with Crippen molar-refractivity contribution in [1.29, 1.82) is 0 Å². The summed E-state index contributed by atoms with van der Waals surface area (Å²) in [5.41, 5.74) is 5.24. The van der Waals surface area contributed by atoms with E-state index in [1.54, 1.807) is 13.8 Å².